The monoisotopic (exact) mass is 240 g/mol. The van der Waals surface area contributed by atoms with E-state index in [0.29, 0.717) is 22.2 Å². The molecule has 2 aromatic rings. The number of alkyl halides is 2. The molecule has 3 nitrogen and oxygen atoms in total. The average Bonchev–Trinajstić information content (AvgIpc) is 2.43. The fourth-order valence-electron chi connectivity index (χ4n) is 2.03. The Hall–Kier alpha value is -1.78. The van der Waals surface area contributed by atoms with E-state index in [1.165, 1.54) is 4.57 Å². The van der Waals surface area contributed by atoms with E-state index in [2.05, 4.69) is 0 Å². The molecule has 0 aliphatic heterocycles. The Labute approximate surface area is 97.5 Å². The van der Waals surface area contributed by atoms with Gasteiger partial charge in [-0.15, -0.1) is 0 Å². The van der Waals surface area contributed by atoms with Crippen molar-refractivity contribution >= 4 is 16.5 Å². The molecule has 1 aromatic carbocycles. The van der Waals surface area contributed by atoms with Gasteiger partial charge in [-0.05, 0) is 13.0 Å². The Kier molecular flexibility index (Phi) is 2.49. The second-order valence-corrected chi connectivity index (χ2v) is 4.34. The number of nitrogen functional groups attached to an aromatic ring is 1. The lowest BCUT2D eigenvalue weighted by Gasteiger charge is -2.13. The van der Waals surface area contributed by atoms with Gasteiger partial charge in [0.1, 0.15) is 0 Å². The van der Waals surface area contributed by atoms with Crippen LogP contribution in [0.4, 0.5) is 14.5 Å². The lowest BCUT2D eigenvalue weighted by Crippen LogP contribution is -2.19. The molecule has 92 valence electrons. The van der Waals surface area contributed by atoms with Crippen LogP contribution < -0.4 is 5.73 Å². The van der Waals surface area contributed by atoms with Gasteiger partial charge in [0.25, 0.3) is 5.92 Å². The van der Waals surface area contributed by atoms with Crippen LogP contribution in [0.15, 0.2) is 18.2 Å². The van der Waals surface area contributed by atoms with Gasteiger partial charge >= 0.3 is 0 Å². The number of fused-ring (bicyclic) bond motifs is 1. The zero-order valence-electron chi connectivity index (χ0n) is 9.67. The number of hydrogen-bond acceptors (Lipinski definition) is 2. The lowest BCUT2D eigenvalue weighted by atomic mass is 10.1. The van der Waals surface area contributed by atoms with E-state index in [4.69, 9.17) is 5.73 Å². The van der Waals surface area contributed by atoms with E-state index >= 15 is 0 Å². The molecule has 0 saturated carbocycles. The van der Waals surface area contributed by atoms with Gasteiger partial charge in [-0.2, -0.15) is 0 Å². The number of nitrogens with two attached hydrogens (primary N) is 1. The number of hydrogen-bond donors (Lipinski definition) is 2. The third-order valence-corrected chi connectivity index (χ3v) is 2.81. The second-order valence-electron chi connectivity index (χ2n) is 4.34. The van der Waals surface area contributed by atoms with Crippen LogP contribution >= 0.6 is 0 Å². The Morgan fingerprint density at radius 3 is 2.59 bits per heavy atom. The van der Waals surface area contributed by atoms with Gasteiger partial charge in [0, 0.05) is 23.7 Å². The first kappa shape index (κ1) is 11.7. The summed E-state index contributed by atoms with van der Waals surface area (Å²) >= 11 is 0. The Morgan fingerprint density at radius 1 is 1.41 bits per heavy atom. The van der Waals surface area contributed by atoms with Crippen LogP contribution in [0.3, 0.4) is 0 Å². The van der Waals surface area contributed by atoms with Crippen LogP contribution in [0.25, 0.3) is 10.8 Å². The van der Waals surface area contributed by atoms with Gasteiger partial charge in [0.15, 0.2) is 0 Å². The normalized spacial score (nSPS) is 12.2. The van der Waals surface area contributed by atoms with Crippen LogP contribution in [0.2, 0.25) is 0 Å². The van der Waals surface area contributed by atoms with Crippen molar-refractivity contribution in [1.82, 2.24) is 4.57 Å². The lowest BCUT2D eigenvalue weighted by molar-refractivity contribution is 0.00184. The second kappa shape index (κ2) is 3.61. The van der Waals surface area contributed by atoms with E-state index in [-0.39, 0.29) is 5.88 Å². The molecule has 0 bridgehead atoms. The van der Waals surface area contributed by atoms with Crippen molar-refractivity contribution in [2.24, 2.45) is 0 Å². The Morgan fingerprint density at radius 2 is 2.06 bits per heavy atom. The molecule has 0 amide bonds. The largest absolute Gasteiger partial charge is 0.494 e. The minimum Gasteiger partial charge on any atom is -0.494 e. The van der Waals surface area contributed by atoms with Crippen molar-refractivity contribution in [2.45, 2.75) is 26.3 Å². The number of halogens is 2. The number of aromatic nitrogens is 1. The van der Waals surface area contributed by atoms with E-state index in [1.807, 2.05) is 0 Å². The van der Waals surface area contributed by atoms with Crippen LogP contribution in [0.1, 0.15) is 12.6 Å². The molecule has 5 heteroatoms. The van der Waals surface area contributed by atoms with Crippen molar-refractivity contribution < 1.29 is 13.9 Å². The average molecular weight is 240 g/mol. The zero-order valence-corrected chi connectivity index (χ0v) is 9.67. The standard InChI is InChI=1S/C12H14F2N2O/c1-7-8-4-3-5-9(15)10(8)11(17)16(7)6-12(2,13)14/h3-5,17H,6,15H2,1-2H3. The quantitative estimate of drug-likeness (QED) is 0.793. The maximum Gasteiger partial charge on any atom is 0.263 e. The van der Waals surface area contributed by atoms with Crippen LogP contribution in [0.5, 0.6) is 5.88 Å². The summed E-state index contributed by atoms with van der Waals surface area (Å²) in [4.78, 5) is 0. The summed E-state index contributed by atoms with van der Waals surface area (Å²) in [5, 5.41) is 11.1. The molecule has 1 heterocycles. The van der Waals surface area contributed by atoms with Crippen molar-refractivity contribution in [1.29, 1.82) is 0 Å². The van der Waals surface area contributed by atoms with Crippen LogP contribution in [-0.2, 0) is 6.54 Å². The molecule has 0 radical (unpaired) electrons. The molecule has 0 aliphatic rings. The van der Waals surface area contributed by atoms with Crippen LogP contribution in [0, 0.1) is 6.92 Å². The highest BCUT2D eigenvalue weighted by Gasteiger charge is 2.26. The predicted molar refractivity (Wildman–Crippen MR) is 63.4 cm³/mol. The smallest absolute Gasteiger partial charge is 0.263 e. The van der Waals surface area contributed by atoms with E-state index < -0.39 is 12.5 Å². The van der Waals surface area contributed by atoms with Gasteiger partial charge in [-0.25, -0.2) is 8.78 Å². The molecule has 2 rings (SSSR count). The summed E-state index contributed by atoms with van der Waals surface area (Å²) < 4.78 is 27.3. The Bertz CT molecular complexity index is 570. The minimum absolute atomic E-state index is 0.197. The molecule has 0 unspecified atom stereocenters. The van der Waals surface area contributed by atoms with Gasteiger partial charge < -0.3 is 15.4 Å². The summed E-state index contributed by atoms with van der Waals surface area (Å²) in [5.74, 6) is -3.08. The molecule has 0 aliphatic carbocycles. The first-order valence-electron chi connectivity index (χ1n) is 5.25. The summed E-state index contributed by atoms with van der Waals surface area (Å²) in [5.41, 5.74) is 6.72. The topological polar surface area (TPSA) is 51.2 Å². The molecule has 3 N–H and O–H groups in total. The fraction of sp³-hybridized carbons (Fsp3) is 0.333. The maximum absolute atomic E-state index is 13.0. The third-order valence-electron chi connectivity index (χ3n) is 2.81. The first-order chi connectivity index (χ1) is 7.81. The van der Waals surface area contributed by atoms with Crippen molar-refractivity contribution in [3.63, 3.8) is 0 Å². The minimum atomic E-state index is -2.88. The summed E-state index contributed by atoms with van der Waals surface area (Å²) in [6.07, 6.45) is 0. The third kappa shape index (κ3) is 1.92. The molecule has 0 saturated heterocycles. The maximum atomic E-state index is 13.0. The van der Waals surface area contributed by atoms with Crippen LogP contribution in [-0.4, -0.2) is 15.6 Å². The number of nitrogens with zero attached hydrogens (tertiary/aromatic N) is 1. The van der Waals surface area contributed by atoms with E-state index in [9.17, 15) is 13.9 Å². The zero-order chi connectivity index (χ0) is 12.8. The summed E-state index contributed by atoms with van der Waals surface area (Å²) in [6, 6.07) is 5.12. The first-order valence-corrected chi connectivity index (χ1v) is 5.25. The van der Waals surface area contributed by atoms with Gasteiger partial charge in [-0.1, -0.05) is 12.1 Å². The Balaban J connectivity index is 2.69. The molecule has 0 spiro atoms. The molecule has 17 heavy (non-hydrogen) atoms. The van der Waals surface area contributed by atoms with Crippen molar-refractivity contribution in [2.75, 3.05) is 5.73 Å². The number of aryl methyl sites for hydroxylation is 1. The highest BCUT2D eigenvalue weighted by atomic mass is 19.3. The van der Waals surface area contributed by atoms with E-state index in [1.54, 1.807) is 25.1 Å². The summed E-state index contributed by atoms with van der Waals surface area (Å²) in [6.45, 7) is 1.95. The molecular formula is C12H14F2N2O. The van der Waals surface area contributed by atoms with Crippen molar-refractivity contribution in [3.8, 4) is 5.88 Å². The van der Waals surface area contributed by atoms with Gasteiger partial charge in [-0.3, -0.25) is 0 Å². The molecule has 1 aromatic heterocycles. The number of benzene rings is 1. The molecule has 0 fully saturated rings. The number of rotatable bonds is 2. The fourth-order valence-corrected chi connectivity index (χ4v) is 2.03. The highest BCUT2D eigenvalue weighted by Crippen LogP contribution is 2.36. The molecular weight excluding hydrogens is 226 g/mol. The molecule has 0 atom stereocenters. The van der Waals surface area contributed by atoms with Gasteiger partial charge in [0.05, 0.1) is 11.9 Å². The predicted octanol–water partition coefficient (Wildman–Crippen LogP) is 2.89. The summed E-state index contributed by atoms with van der Waals surface area (Å²) in [7, 11) is 0. The number of aromatic hydroxyl groups is 1. The SMILES string of the molecule is Cc1c2cccc(N)c2c(O)n1CC(C)(F)F. The van der Waals surface area contributed by atoms with Gasteiger partial charge in [0.2, 0.25) is 5.88 Å². The number of anilines is 1. The highest BCUT2D eigenvalue weighted by molar-refractivity contribution is 5.99. The van der Waals surface area contributed by atoms with E-state index in [0.717, 1.165) is 6.92 Å². The van der Waals surface area contributed by atoms with Crippen molar-refractivity contribution in [3.05, 3.63) is 23.9 Å².